The molecule has 0 saturated heterocycles. The van der Waals surface area contributed by atoms with Gasteiger partial charge in [-0.1, -0.05) is 42.5 Å². The Balaban J connectivity index is 1.94. The molecule has 0 spiro atoms. The van der Waals surface area contributed by atoms with E-state index in [-0.39, 0.29) is 11.3 Å². The predicted molar refractivity (Wildman–Crippen MR) is 99.7 cm³/mol. The van der Waals surface area contributed by atoms with E-state index in [1.807, 2.05) is 30.3 Å². The monoisotopic (exact) mass is 356 g/mol. The van der Waals surface area contributed by atoms with Gasteiger partial charge in [0.05, 0.1) is 16.6 Å². The van der Waals surface area contributed by atoms with Gasteiger partial charge in [-0.05, 0) is 30.3 Å². The van der Waals surface area contributed by atoms with Gasteiger partial charge in [-0.15, -0.1) is 5.75 Å². The molecule has 0 bridgehead atoms. The highest BCUT2D eigenvalue weighted by atomic mass is 16.4. The van der Waals surface area contributed by atoms with Crippen molar-refractivity contribution < 1.29 is 19.4 Å². The highest BCUT2D eigenvalue weighted by molar-refractivity contribution is 5.88. The molecule has 0 aliphatic rings. The third kappa shape index (κ3) is 3.43. The summed E-state index contributed by atoms with van der Waals surface area (Å²) in [6.07, 6.45) is 0. The number of carboxylic acid groups (broad SMARTS) is 1. The first kappa shape index (κ1) is 16.6. The third-order valence-corrected chi connectivity index (χ3v) is 4.14. The summed E-state index contributed by atoms with van der Waals surface area (Å²) in [6.45, 7) is 0. The number of fused-ring (bicyclic) bond motifs is 1. The Morgan fingerprint density at radius 1 is 0.926 bits per heavy atom. The molecule has 5 heteroatoms. The second-order valence-electron chi connectivity index (χ2n) is 5.98. The maximum Gasteiger partial charge on any atom is 0.335 e. The number of benzene rings is 3. The van der Waals surface area contributed by atoms with Gasteiger partial charge in [0.15, 0.2) is 0 Å². The maximum atomic E-state index is 11.8. The quantitative estimate of drug-likeness (QED) is 0.599. The van der Waals surface area contributed by atoms with Crippen LogP contribution in [0.15, 0.2) is 88.3 Å². The zero-order valence-electron chi connectivity index (χ0n) is 14.1. The molecule has 4 rings (SSSR count). The maximum absolute atomic E-state index is 11.8. The number of hydrogen-bond donors (Lipinski definition) is 1. The number of carbonyl (C=O) groups is 1. The summed E-state index contributed by atoms with van der Waals surface area (Å²) in [6, 6.07) is 22.2. The van der Waals surface area contributed by atoms with Gasteiger partial charge < -0.3 is 14.6 Å². The number of nitrogens with zero attached hydrogens (tertiary/aromatic N) is 1. The van der Waals surface area contributed by atoms with E-state index in [1.165, 1.54) is 24.3 Å². The van der Waals surface area contributed by atoms with E-state index >= 15 is 0 Å². The van der Waals surface area contributed by atoms with Crippen LogP contribution in [0.4, 0.5) is 5.69 Å². The number of hydrogen-bond acceptors (Lipinski definition) is 4. The molecule has 0 fully saturated rings. The Labute approximate surface area is 154 Å². The molecule has 0 aliphatic heterocycles. The Bertz CT molecular complexity index is 1190. The molecular formula is C22H14NO4-. The lowest BCUT2D eigenvalue weighted by Crippen LogP contribution is -2.04. The molecule has 1 aromatic heterocycles. The first-order valence-corrected chi connectivity index (χ1v) is 8.28. The van der Waals surface area contributed by atoms with Crippen LogP contribution in [0.25, 0.3) is 22.3 Å². The van der Waals surface area contributed by atoms with Crippen molar-refractivity contribution in [3.8, 4) is 17.1 Å². The second-order valence-corrected chi connectivity index (χ2v) is 5.98. The van der Waals surface area contributed by atoms with Crippen molar-refractivity contribution in [1.29, 1.82) is 0 Å². The average Bonchev–Trinajstić information content (AvgIpc) is 2.69. The number of rotatable bonds is 3. The summed E-state index contributed by atoms with van der Waals surface area (Å²) in [4.78, 5) is 15.6. The van der Waals surface area contributed by atoms with E-state index in [0.29, 0.717) is 27.8 Å². The second kappa shape index (κ2) is 6.80. The molecule has 1 heterocycles. The Morgan fingerprint density at radius 3 is 2.37 bits per heavy atom. The van der Waals surface area contributed by atoms with E-state index in [0.717, 1.165) is 5.56 Å². The first-order chi connectivity index (χ1) is 13.1. The topological polar surface area (TPSA) is 85.9 Å². The van der Waals surface area contributed by atoms with Gasteiger partial charge in [-0.2, -0.15) is 0 Å². The molecule has 0 amide bonds. The standard InChI is InChI=1S/C22H15NO4/c24-17-10-11-20-18(12-17)19(13-21(27-20)14-4-2-1-3-5-14)23-16-8-6-15(7-9-16)22(25)26/h1-13,24H,(H,25,26)/p-1. The molecule has 132 valence electrons. The molecule has 0 unspecified atom stereocenters. The average molecular weight is 356 g/mol. The van der Waals surface area contributed by atoms with Crippen molar-refractivity contribution in [3.63, 3.8) is 0 Å². The van der Waals surface area contributed by atoms with Crippen molar-refractivity contribution in [2.45, 2.75) is 0 Å². The third-order valence-electron chi connectivity index (χ3n) is 4.14. The number of carboxylic acids is 1. The summed E-state index contributed by atoms with van der Waals surface area (Å²) in [5.41, 5.74) is 2.22. The van der Waals surface area contributed by atoms with Crippen molar-refractivity contribution in [1.82, 2.24) is 0 Å². The lowest BCUT2D eigenvalue weighted by atomic mass is 10.1. The van der Waals surface area contributed by atoms with Crippen LogP contribution in [0.3, 0.4) is 0 Å². The lowest BCUT2D eigenvalue weighted by molar-refractivity contribution is -0.268. The summed E-state index contributed by atoms with van der Waals surface area (Å²) in [5.74, 6) is -0.502. The zero-order chi connectivity index (χ0) is 18.8. The summed E-state index contributed by atoms with van der Waals surface area (Å²) in [7, 11) is 0. The summed E-state index contributed by atoms with van der Waals surface area (Å²) in [5, 5.41) is 22.0. The largest absolute Gasteiger partial charge is 0.872 e. The highest BCUT2D eigenvalue weighted by Gasteiger charge is 2.06. The fourth-order valence-electron chi connectivity index (χ4n) is 2.80. The van der Waals surface area contributed by atoms with Gasteiger partial charge >= 0.3 is 5.97 Å². The fourth-order valence-corrected chi connectivity index (χ4v) is 2.80. The SMILES string of the molecule is O=C(O)c1ccc(N=c2cc(-c3ccccc3)oc3ccc([O-])cc23)cc1. The van der Waals surface area contributed by atoms with Crippen LogP contribution in [0.1, 0.15) is 10.4 Å². The van der Waals surface area contributed by atoms with Crippen LogP contribution in [-0.2, 0) is 0 Å². The van der Waals surface area contributed by atoms with E-state index in [2.05, 4.69) is 4.99 Å². The molecule has 0 saturated carbocycles. The molecule has 4 aromatic rings. The van der Waals surface area contributed by atoms with Crippen LogP contribution >= 0.6 is 0 Å². The van der Waals surface area contributed by atoms with Crippen molar-refractivity contribution >= 4 is 22.6 Å². The normalized spacial score (nSPS) is 11.6. The van der Waals surface area contributed by atoms with Crippen LogP contribution in [0.5, 0.6) is 5.75 Å². The minimum atomic E-state index is -0.993. The van der Waals surface area contributed by atoms with Gasteiger partial charge in [0.2, 0.25) is 0 Å². The van der Waals surface area contributed by atoms with Crippen LogP contribution in [0, 0.1) is 0 Å². The number of aromatic carboxylic acids is 1. The van der Waals surface area contributed by atoms with E-state index in [9.17, 15) is 9.90 Å². The van der Waals surface area contributed by atoms with E-state index in [4.69, 9.17) is 9.52 Å². The Morgan fingerprint density at radius 2 is 1.67 bits per heavy atom. The van der Waals surface area contributed by atoms with E-state index in [1.54, 1.807) is 24.3 Å². The summed E-state index contributed by atoms with van der Waals surface area (Å²) >= 11 is 0. The molecule has 0 radical (unpaired) electrons. The molecule has 27 heavy (non-hydrogen) atoms. The fraction of sp³-hybridized carbons (Fsp3) is 0. The van der Waals surface area contributed by atoms with Gasteiger partial charge in [-0.3, -0.25) is 0 Å². The summed E-state index contributed by atoms with van der Waals surface area (Å²) < 4.78 is 5.96. The minimum absolute atomic E-state index is 0.136. The molecular weight excluding hydrogens is 342 g/mol. The first-order valence-electron chi connectivity index (χ1n) is 8.28. The Hall–Kier alpha value is -3.86. The molecule has 0 atom stereocenters. The van der Waals surface area contributed by atoms with Gasteiger partial charge in [-0.25, -0.2) is 9.79 Å². The molecule has 1 N–H and O–H groups in total. The van der Waals surface area contributed by atoms with Crippen LogP contribution < -0.4 is 10.5 Å². The molecule has 5 nitrogen and oxygen atoms in total. The predicted octanol–water partition coefficient (Wildman–Crippen LogP) is 4.10. The highest BCUT2D eigenvalue weighted by Crippen LogP contribution is 2.24. The van der Waals surface area contributed by atoms with Crippen LogP contribution in [0.2, 0.25) is 0 Å². The lowest BCUT2D eigenvalue weighted by Gasteiger charge is -2.09. The van der Waals surface area contributed by atoms with Crippen molar-refractivity contribution in [2.75, 3.05) is 0 Å². The van der Waals surface area contributed by atoms with Crippen molar-refractivity contribution in [3.05, 3.63) is 89.8 Å². The minimum Gasteiger partial charge on any atom is -0.872 e. The van der Waals surface area contributed by atoms with Gasteiger partial charge in [0.25, 0.3) is 0 Å². The van der Waals surface area contributed by atoms with Gasteiger partial charge in [0, 0.05) is 17.0 Å². The van der Waals surface area contributed by atoms with E-state index < -0.39 is 5.97 Å². The Kier molecular flexibility index (Phi) is 4.18. The van der Waals surface area contributed by atoms with Crippen molar-refractivity contribution in [2.24, 2.45) is 4.99 Å². The van der Waals surface area contributed by atoms with Gasteiger partial charge in [0.1, 0.15) is 11.3 Å². The van der Waals surface area contributed by atoms with Crippen LogP contribution in [-0.4, -0.2) is 11.1 Å². The molecule has 0 aliphatic carbocycles. The molecule has 3 aromatic carbocycles. The smallest absolute Gasteiger partial charge is 0.335 e. The zero-order valence-corrected chi connectivity index (χ0v) is 14.1.